The first kappa shape index (κ1) is 15.3. The summed E-state index contributed by atoms with van der Waals surface area (Å²) in [5, 5.41) is 3.45. The number of likely N-dealkylation sites (N-methyl/N-ethyl adjacent to an activating group) is 1. The molecule has 0 radical (unpaired) electrons. The molecule has 1 saturated heterocycles. The highest BCUT2D eigenvalue weighted by Gasteiger charge is 2.28. The molecule has 2 rings (SSSR count). The second-order valence-corrected chi connectivity index (χ2v) is 5.69. The Morgan fingerprint density at radius 2 is 2.25 bits per heavy atom. The Bertz CT molecular complexity index is 436. The first-order chi connectivity index (χ1) is 9.61. The van der Waals surface area contributed by atoms with Crippen LogP contribution in [0.25, 0.3) is 0 Å². The number of aromatic nitrogens is 1. The Morgan fingerprint density at radius 3 is 2.90 bits per heavy atom. The molecule has 2 heterocycles. The molecule has 0 bridgehead atoms. The van der Waals surface area contributed by atoms with Gasteiger partial charge >= 0.3 is 0 Å². The molecule has 0 saturated carbocycles. The zero-order chi connectivity index (χ0) is 14.5. The minimum absolute atomic E-state index is 0.281. The van der Waals surface area contributed by atoms with Gasteiger partial charge in [0.15, 0.2) is 0 Å². The summed E-state index contributed by atoms with van der Waals surface area (Å²) in [6.45, 7) is 9.22. The lowest BCUT2D eigenvalue weighted by atomic mass is 10.1. The van der Waals surface area contributed by atoms with E-state index in [9.17, 15) is 0 Å². The Morgan fingerprint density at radius 1 is 1.45 bits per heavy atom. The van der Waals surface area contributed by atoms with E-state index in [-0.39, 0.29) is 6.10 Å². The Balaban J connectivity index is 2.10. The summed E-state index contributed by atoms with van der Waals surface area (Å²) >= 11 is 0. The van der Waals surface area contributed by atoms with Crippen LogP contribution in [0.2, 0.25) is 0 Å². The van der Waals surface area contributed by atoms with Crippen molar-refractivity contribution in [2.24, 2.45) is 0 Å². The van der Waals surface area contributed by atoms with Gasteiger partial charge < -0.3 is 15.0 Å². The van der Waals surface area contributed by atoms with Gasteiger partial charge in [-0.15, -0.1) is 0 Å². The molecule has 1 aliphatic rings. The highest BCUT2D eigenvalue weighted by atomic mass is 16.5. The van der Waals surface area contributed by atoms with Crippen LogP contribution < -0.4 is 10.2 Å². The van der Waals surface area contributed by atoms with E-state index in [2.05, 4.69) is 55.2 Å². The van der Waals surface area contributed by atoms with Crippen molar-refractivity contribution in [3.63, 3.8) is 0 Å². The van der Waals surface area contributed by atoms with Crippen molar-refractivity contribution in [3.8, 4) is 0 Å². The normalized spacial score (nSPS) is 22.2. The van der Waals surface area contributed by atoms with E-state index in [1.165, 1.54) is 5.56 Å². The van der Waals surface area contributed by atoms with E-state index in [1.54, 1.807) is 0 Å². The van der Waals surface area contributed by atoms with Crippen molar-refractivity contribution in [2.75, 3.05) is 25.1 Å². The molecule has 2 unspecified atom stereocenters. The highest BCUT2D eigenvalue weighted by Crippen LogP contribution is 2.24. The summed E-state index contributed by atoms with van der Waals surface area (Å²) in [6.07, 6.45) is 2.52. The average Bonchev–Trinajstić information content (AvgIpc) is 2.84. The van der Waals surface area contributed by atoms with E-state index >= 15 is 0 Å². The smallest absolute Gasteiger partial charge is 0.129 e. The average molecular weight is 277 g/mol. The lowest BCUT2D eigenvalue weighted by Gasteiger charge is -2.28. The van der Waals surface area contributed by atoms with Crippen LogP contribution in [0, 0.1) is 6.92 Å². The van der Waals surface area contributed by atoms with E-state index in [4.69, 9.17) is 4.74 Å². The molecular weight excluding hydrogens is 250 g/mol. The SMILES string of the molecule is CCCNCc1cc(C)nc(N(C)C2CCOC2C)c1. The van der Waals surface area contributed by atoms with Crippen molar-refractivity contribution >= 4 is 5.82 Å². The number of rotatable bonds is 6. The standard InChI is InChI=1S/C16H27N3O/c1-5-7-17-11-14-9-12(2)18-16(10-14)19(4)15-6-8-20-13(15)3/h9-10,13,15,17H,5-8,11H2,1-4H3. The van der Waals surface area contributed by atoms with Crippen molar-refractivity contribution in [1.82, 2.24) is 10.3 Å². The molecule has 112 valence electrons. The topological polar surface area (TPSA) is 37.4 Å². The molecular formula is C16H27N3O. The fourth-order valence-electron chi connectivity index (χ4n) is 2.81. The van der Waals surface area contributed by atoms with E-state index in [0.29, 0.717) is 6.04 Å². The molecule has 4 heteroatoms. The summed E-state index contributed by atoms with van der Waals surface area (Å²) in [7, 11) is 2.13. The first-order valence-electron chi connectivity index (χ1n) is 7.64. The molecule has 1 aliphatic heterocycles. The fraction of sp³-hybridized carbons (Fsp3) is 0.688. The third-order valence-corrected chi connectivity index (χ3v) is 3.95. The summed E-state index contributed by atoms with van der Waals surface area (Å²) < 4.78 is 5.67. The van der Waals surface area contributed by atoms with Gasteiger partial charge in [0, 0.05) is 25.9 Å². The number of hydrogen-bond donors (Lipinski definition) is 1. The summed E-state index contributed by atoms with van der Waals surface area (Å²) in [5.74, 6) is 1.06. The molecule has 1 N–H and O–H groups in total. The van der Waals surface area contributed by atoms with Crippen molar-refractivity contribution in [1.29, 1.82) is 0 Å². The van der Waals surface area contributed by atoms with Gasteiger partial charge in [-0.05, 0) is 50.9 Å². The number of ether oxygens (including phenoxy) is 1. The summed E-state index contributed by atoms with van der Waals surface area (Å²) in [6, 6.07) is 4.79. The summed E-state index contributed by atoms with van der Waals surface area (Å²) in [4.78, 5) is 6.96. The molecule has 1 aromatic heterocycles. The quantitative estimate of drug-likeness (QED) is 0.811. The molecule has 0 aromatic carbocycles. The molecule has 0 amide bonds. The van der Waals surface area contributed by atoms with Crippen LogP contribution >= 0.6 is 0 Å². The third kappa shape index (κ3) is 3.70. The maximum Gasteiger partial charge on any atom is 0.129 e. The molecule has 1 aromatic rings. The number of nitrogens with one attached hydrogen (secondary N) is 1. The molecule has 0 aliphatic carbocycles. The number of pyridine rings is 1. The van der Waals surface area contributed by atoms with Crippen LogP contribution in [0.15, 0.2) is 12.1 Å². The zero-order valence-corrected chi connectivity index (χ0v) is 13.1. The van der Waals surface area contributed by atoms with Gasteiger partial charge in [0.2, 0.25) is 0 Å². The van der Waals surface area contributed by atoms with E-state index < -0.39 is 0 Å². The van der Waals surface area contributed by atoms with Crippen LogP contribution in [0.4, 0.5) is 5.82 Å². The van der Waals surface area contributed by atoms with Crippen LogP contribution in [0.1, 0.15) is 37.9 Å². The molecule has 2 atom stereocenters. The number of aryl methyl sites for hydroxylation is 1. The molecule has 1 fully saturated rings. The predicted octanol–water partition coefficient (Wildman–Crippen LogP) is 2.50. The number of nitrogens with zero attached hydrogens (tertiary/aromatic N) is 2. The number of anilines is 1. The lowest BCUT2D eigenvalue weighted by molar-refractivity contribution is 0.118. The fourth-order valence-corrected chi connectivity index (χ4v) is 2.81. The zero-order valence-electron chi connectivity index (χ0n) is 13.1. The second kappa shape index (κ2) is 7.04. The van der Waals surface area contributed by atoms with Gasteiger partial charge in [0.05, 0.1) is 12.1 Å². The van der Waals surface area contributed by atoms with Crippen LogP contribution in [-0.4, -0.2) is 37.3 Å². The lowest BCUT2D eigenvalue weighted by Crippen LogP contribution is -2.37. The van der Waals surface area contributed by atoms with Crippen LogP contribution in [-0.2, 0) is 11.3 Å². The van der Waals surface area contributed by atoms with Crippen LogP contribution in [0.3, 0.4) is 0 Å². The summed E-state index contributed by atoms with van der Waals surface area (Å²) in [5.41, 5.74) is 2.38. The van der Waals surface area contributed by atoms with Gasteiger partial charge in [-0.3, -0.25) is 0 Å². The van der Waals surface area contributed by atoms with Crippen molar-refractivity contribution in [2.45, 2.75) is 52.3 Å². The minimum Gasteiger partial charge on any atom is -0.376 e. The maximum atomic E-state index is 5.67. The highest BCUT2D eigenvalue weighted by molar-refractivity contribution is 5.43. The predicted molar refractivity (Wildman–Crippen MR) is 83.2 cm³/mol. The Labute approximate surface area is 122 Å². The van der Waals surface area contributed by atoms with Crippen molar-refractivity contribution in [3.05, 3.63) is 23.4 Å². The first-order valence-corrected chi connectivity index (χ1v) is 7.64. The second-order valence-electron chi connectivity index (χ2n) is 5.69. The van der Waals surface area contributed by atoms with Crippen molar-refractivity contribution < 1.29 is 4.74 Å². The monoisotopic (exact) mass is 277 g/mol. The van der Waals surface area contributed by atoms with Gasteiger partial charge in [-0.25, -0.2) is 4.98 Å². The molecule has 0 spiro atoms. The number of hydrogen-bond acceptors (Lipinski definition) is 4. The van der Waals surface area contributed by atoms with E-state index in [0.717, 1.165) is 44.0 Å². The van der Waals surface area contributed by atoms with Crippen LogP contribution in [0.5, 0.6) is 0 Å². The van der Waals surface area contributed by atoms with Gasteiger partial charge in [0.1, 0.15) is 5.82 Å². The van der Waals surface area contributed by atoms with Gasteiger partial charge in [0.25, 0.3) is 0 Å². The Hall–Kier alpha value is -1.13. The minimum atomic E-state index is 0.281. The molecule has 4 nitrogen and oxygen atoms in total. The molecule has 20 heavy (non-hydrogen) atoms. The van der Waals surface area contributed by atoms with Gasteiger partial charge in [-0.2, -0.15) is 0 Å². The van der Waals surface area contributed by atoms with Gasteiger partial charge in [-0.1, -0.05) is 6.92 Å². The third-order valence-electron chi connectivity index (χ3n) is 3.95. The largest absolute Gasteiger partial charge is 0.376 e. The Kier molecular flexibility index (Phi) is 5.38. The van der Waals surface area contributed by atoms with E-state index in [1.807, 2.05) is 0 Å². The maximum absolute atomic E-state index is 5.67.